The number of hydrogen-bond donors (Lipinski definition) is 0. The molecular weight excluding hydrogens is 338 g/mol. The van der Waals surface area contributed by atoms with E-state index in [9.17, 15) is 4.79 Å². The molecule has 0 atom stereocenters. The highest BCUT2D eigenvalue weighted by molar-refractivity contribution is 6.06. The van der Waals surface area contributed by atoms with Crippen LogP contribution >= 0.6 is 0 Å². The summed E-state index contributed by atoms with van der Waals surface area (Å²) in [6.45, 7) is 0.715. The average molecular weight is 357 g/mol. The Hall–Kier alpha value is -3.15. The monoisotopic (exact) mass is 357 g/mol. The molecule has 0 N–H and O–H groups in total. The second-order valence-electron chi connectivity index (χ2n) is 7.33. The van der Waals surface area contributed by atoms with Gasteiger partial charge in [0.25, 0.3) is 5.91 Å². The molecule has 1 saturated carbocycles. The summed E-state index contributed by atoms with van der Waals surface area (Å²) in [6.07, 6.45) is 14.5. The molecule has 134 valence electrons. The van der Waals surface area contributed by atoms with E-state index in [2.05, 4.69) is 32.1 Å². The summed E-state index contributed by atoms with van der Waals surface area (Å²) < 4.78 is 0. The SMILES string of the molecule is O=C(c1cnccn1)N1CC2(CCCC2)c2cc(-c3cncnc3)ccc21. The van der Waals surface area contributed by atoms with Crippen LogP contribution in [0.25, 0.3) is 11.1 Å². The maximum Gasteiger partial charge on any atom is 0.278 e. The Kier molecular flexibility index (Phi) is 3.70. The lowest BCUT2D eigenvalue weighted by Crippen LogP contribution is -2.36. The number of carbonyl (C=O) groups excluding carboxylic acids is 1. The van der Waals surface area contributed by atoms with Crippen LogP contribution in [0.5, 0.6) is 0 Å². The molecule has 1 fully saturated rings. The van der Waals surface area contributed by atoms with E-state index in [-0.39, 0.29) is 11.3 Å². The van der Waals surface area contributed by atoms with E-state index in [0.717, 1.165) is 29.7 Å². The van der Waals surface area contributed by atoms with Gasteiger partial charge in [0.2, 0.25) is 0 Å². The van der Waals surface area contributed by atoms with Crippen molar-refractivity contribution < 1.29 is 4.79 Å². The summed E-state index contributed by atoms with van der Waals surface area (Å²) in [7, 11) is 0. The predicted molar refractivity (Wildman–Crippen MR) is 101 cm³/mol. The first-order valence-corrected chi connectivity index (χ1v) is 9.25. The molecule has 27 heavy (non-hydrogen) atoms. The molecule has 3 aromatic rings. The normalized spacial score (nSPS) is 17.3. The zero-order valence-corrected chi connectivity index (χ0v) is 14.9. The number of nitrogens with zero attached hydrogens (tertiary/aromatic N) is 5. The van der Waals surface area contributed by atoms with Gasteiger partial charge in [0.1, 0.15) is 12.0 Å². The highest BCUT2D eigenvalue weighted by Gasteiger charge is 2.46. The first kappa shape index (κ1) is 16.1. The third-order valence-electron chi connectivity index (χ3n) is 5.80. The van der Waals surface area contributed by atoms with E-state index >= 15 is 0 Å². The summed E-state index contributed by atoms with van der Waals surface area (Å²) in [6, 6.07) is 6.32. The van der Waals surface area contributed by atoms with Gasteiger partial charge in [-0.2, -0.15) is 0 Å². The lowest BCUT2D eigenvalue weighted by molar-refractivity contribution is 0.0979. The predicted octanol–water partition coefficient (Wildman–Crippen LogP) is 3.41. The maximum absolute atomic E-state index is 13.1. The number of hydrogen-bond acceptors (Lipinski definition) is 5. The van der Waals surface area contributed by atoms with Crippen molar-refractivity contribution in [1.82, 2.24) is 19.9 Å². The van der Waals surface area contributed by atoms with Gasteiger partial charge in [0, 0.05) is 48.0 Å². The summed E-state index contributed by atoms with van der Waals surface area (Å²) in [5, 5.41) is 0. The molecule has 1 amide bonds. The second-order valence-corrected chi connectivity index (χ2v) is 7.33. The van der Waals surface area contributed by atoms with E-state index in [1.54, 1.807) is 12.4 Å². The molecule has 1 aliphatic heterocycles. The fraction of sp³-hybridized carbons (Fsp3) is 0.286. The minimum Gasteiger partial charge on any atom is -0.306 e. The van der Waals surface area contributed by atoms with Crippen LogP contribution in [0.15, 0.2) is 55.5 Å². The Balaban J connectivity index is 1.60. The van der Waals surface area contributed by atoms with Gasteiger partial charge in [-0.15, -0.1) is 0 Å². The molecule has 1 aromatic carbocycles. The van der Waals surface area contributed by atoms with E-state index in [0.29, 0.717) is 12.2 Å². The first-order valence-electron chi connectivity index (χ1n) is 9.25. The van der Waals surface area contributed by atoms with Crippen LogP contribution in [-0.2, 0) is 5.41 Å². The molecule has 1 aliphatic carbocycles. The van der Waals surface area contributed by atoms with E-state index in [1.165, 1.54) is 30.9 Å². The lowest BCUT2D eigenvalue weighted by Gasteiger charge is -2.24. The van der Waals surface area contributed by atoms with Gasteiger partial charge in [-0.05, 0) is 36.1 Å². The molecule has 3 heterocycles. The molecule has 2 aromatic heterocycles. The highest BCUT2D eigenvalue weighted by Crippen LogP contribution is 2.51. The van der Waals surface area contributed by atoms with Crippen molar-refractivity contribution in [3.8, 4) is 11.1 Å². The third-order valence-corrected chi connectivity index (χ3v) is 5.80. The second kappa shape index (κ2) is 6.23. The van der Waals surface area contributed by atoms with Crippen LogP contribution in [0.1, 0.15) is 41.7 Å². The molecule has 0 bridgehead atoms. The number of carbonyl (C=O) groups is 1. The van der Waals surface area contributed by atoms with E-state index in [4.69, 9.17) is 0 Å². The average Bonchev–Trinajstić information content (AvgIpc) is 3.34. The van der Waals surface area contributed by atoms with Crippen molar-refractivity contribution in [2.24, 2.45) is 0 Å². The molecule has 2 aliphatic rings. The minimum absolute atomic E-state index is 0.0405. The van der Waals surface area contributed by atoms with Gasteiger partial charge in [-0.25, -0.2) is 15.0 Å². The summed E-state index contributed by atoms with van der Waals surface area (Å²) in [5.41, 5.74) is 4.77. The summed E-state index contributed by atoms with van der Waals surface area (Å²) in [4.78, 5) is 31.5. The Bertz CT molecular complexity index is 984. The van der Waals surface area contributed by atoms with Gasteiger partial charge in [-0.1, -0.05) is 18.9 Å². The van der Waals surface area contributed by atoms with Gasteiger partial charge in [0.05, 0.1) is 6.20 Å². The maximum atomic E-state index is 13.1. The molecular formula is C21H19N5O. The van der Waals surface area contributed by atoms with Crippen molar-refractivity contribution in [3.63, 3.8) is 0 Å². The number of anilines is 1. The van der Waals surface area contributed by atoms with Crippen LogP contribution in [0.3, 0.4) is 0 Å². The highest BCUT2D eigenvalue weighted by atomic mass is 16.2. The summed E-state index contributed by atoms with van der Waals surface area (Å²) in [5.74, 6) is -0.0797. The smallest absolute Gasteiger partial charge is 0.278 e. The molecule has 6 nitrogen and oxygen atoms in total. The van der Waals surface area contributed by atoms with Crippen LogP contribution in [0.4, 0.5) is 5.69 Å². The topological polar surface area (TPSA) is 71.9 Å². The largest absolute Gasteiger partial charge is 0.306 e. The Labute approximate surface area is 157 Å². The molecule has 1 spiro atoms. The fourth-order valence-electron chi connectivity index (χ4n) is 4.51. The van der Waals surface area contributed by atoms with Crippen molar-refractivity contribution in [1.29, 1.82) is 0 Å². The lowest BCUT2D eigenvalue weighted by atomic mass is 9.80. The molecule has 5 rings (SSSR count). The van der Waals surface area contributed by atoms with E-state index < -0.39 is 0 Å². The number of amides is 1. The summed E-state index contributed by atoms with van der Waals surface area (Å²) >= 11 is 0. The molecule has 0 saturated heterocycles. The van der Waals surface area contributed by atoms with E-state index in [1.807, 2.05) is 23.4 Å². The quantitative estimate of drug-likeness (QED) is 0.703. The fourth-order valence-corrected chi connectivity index (χ4v) is 4.51. The minimum atomic E-state index is -0.0797. The number of aromatic nitrogens is 4. The third kappa shape index (κ3) is 2.60. The number of benzene rings is 1. The van der Waals surface area contributed by atoms with Crippen molar-refractivity contribution in [2.75, 3.05) is 11.4 Å². The number of fused-ring (bicyclic) bond motifs is 2. The Morgan fingerprint density at radius 3 is 2.52 bits per heavy atom. The number of rotatable bonds is 2. The van der Waals surface area contributed by atoms with Gasteiger partial charge in [-0.3, -0.25) is 9.78 Å². The van der Waals surface area contributed by atoms with Crippen molar-refractivity contribution >= 4 is 11.6 Å². The standard InChI is InChI=1S/C21H19N5O/c27-20(18-12-22-7-8-25-18)26-13-21(5-1-2-6-21)17-9-15(3-4-19(17)26)16-10-23-14-24-11-16/h3-4,7-12,14H,1-2,5-6,13H2. The zero-order chi connectivity index (χ0) is 18.3. The van der Waals surface area contributed by atoms with Crippen LogP contribution in [0, 0.1) is 0 Å². The van der Waals surface area contributed by atoms with Gasteiger partial charge >= 0.3 is 0 Å². The van der Waals surface area contributed by atoms with Gasteiger partial charge < -0.3 is 4.90 Å². The van der Waals surface area contributed by atoms with Crippen LogP contribution in [0.2, 0.25) is 0 Å². The van der Waals surface area contributed by atoms with Crippen LogP contribution < -0.4 is 4.90 Å². The van der Waals surface area contributed by atoms with Crippen molar-refractivity contribution in [3.05, 3.63) is 66.8 Å². The molecule has 0 unspecified atom stereocenters. The molecule has 6 heteroatoms. The Morgan fingerprint density at radius 2 is 1.78 bits per heavy atom. The van der Waals surface area contributed by atoms with Crippen molar-refractivity contribution in [2.45, 2.75) is 31.1 Å². The van der Waals surface area contributed by atoms with Gasteiger partial charge in [0.15, 0.2) is 0 Å². The first-order chi connectivity index (χ1) is 13.3. The molecule has 0 radical (unpaired) electrons. The zero-order valence-electron chi connectivity index (χ0n) is 14.9. The van der Waals surface area contributed by atoms with Crippen LogP contribution in [-0.4, -0.2) is 32.4 Å². The Morgan fingerprint density at radius 1 is 0.963 bits per heavy atom.